The zero-order chi connectivity index (χ0) is 10.5. The molecule has 0 unspecified atom stereocenters. The van der Waals surface area contributed by atoms with E-state index in [1.807, 2.05) is 6.92 Å². The number of benzene rings is 1. The number of rotatable bonds is 0. The molecule has 0 fully saturated rings. The third-order valence-corrected chi connectivity index (χ3v) is 2.48. The molecule has 1 aromatic rings. The second-order valence-corrected chi connectivity index (χ2v) is 3.42. The lowest BCUT2D eigenvalue weighted by Gasteiger charge is -2.02. The molecule has 0 aliphatic carbocycles. The van der Waals surface area contributed by atoms with Gasteiger partial charge in [-0.05, 0) is 13.0 Å². The van der Waals surface area contributed by atoms with Gasteiger partial charge in [0.15, 0.2) is 0 Å². The highest BCUT2D eigenvalue weighted by atomic mass is 16.2. The Morgan fingerprint density at radius 2 is 1.64 bits per heavy atom. The molecule has 2 radical (unpaired) electrons. The Labute approximate surface area is 83.1 Å². The molecule has 0 aromatic heterocycles. The van der Waals surface area contributed by atoms with Crippen molar-refractivity contribution in [3.63, 3.8) is 0 Å². The van der Waals surface area contributed by atoms with Crippen LogP contribution in [0, 0.1) is 6.92 Å². The lowest BCUT2D eigenvalue weighted by atomic mass is 9.88. The van der Waals surface area contributed by atoms with Gasteiger partial charge in [-0.25, -0.2) is 0 Å². The maximum atomic E-state index is 11.5. The SMILES string of the molecule is [B]c1cc2c(cc1C)C(=O)N(C)C2=O. The minimum Gasteiger partial charge on any atom is -0.277 e. The summed E-state index contributed by atoms with van der Waals surface area (Å²) in [5.41, 5.74) is 2.21. The van der Waals surface area contributed by atoms with Crippen molar-refractivity contribution in [3.8, 4) is 0 Å². The number of nitrogens with zero attached hydrogens (tertiary/aromatic N) is 1. The Kier molecular flexibility index (Phi) is 1.74. The van der Waals surface area contributed by atoms with Crippen LogP contribution in [0.3, 0.4) is 0 Å². The summed E-state index contributed by atoms with van der Waals surface area (Å²) in [7, 11) is 7.13. The second kappa shape index (κ2) is 2.70. The van der Waals surface area contributed by atoms with Gasteiger partial charge < -0.3 is 0 Å². The van der Waals surface area contributed by atoms with Crippen molar-refractivity contribution in [2.45, 2.75) is 6.92 Å². The van der Waals surface area contributed by atoms with Crippen LogP contribution < -0.4 is 5.46 Å². The average molecular weight is 185 g/mol. The summed E-state index contributed by atoms with van der Waals surface area (Å²) in [6, 6.07) is 3.22. The first-order valence-electron chi connectivity index (χ1n) is 4.25. The van der Waals surface area contributed by atoms with Crippen molar-refractivity contribution in [1.82, 2.24) is 4.90 Å². The van der Waals surface area contributed by atoms with Gasteiger partial charge in [-0.1, -0.05) is 17.1 Å². The average Bonchev–Trinajstić information content (AvgIpc) is 2.34. The van der Waals surface area contributed by atoms with Crippen LogP contribution in [0.1, 0.15) is 26.3 Å². The Balaban J connectivity index is 2.71. The predicted octanol–water partition coefficient (Wildman–Crippen LogP) is 0.0146. The highest BCUT2D eigenvalue weighted by Gasteiger charge is 2.32. The third kappa shape index (κ3) is 1.00. The molecule has 1 aliphatic heterocycles. The molecule has 0 bridgehead atoms. The molecule has 1 aromatic carbocycles. The molecule has 0 saturated heterocycles. The van der Waals surface area contributed by atoms with E-state index in [-0.39, 0.29) is 11.8 Å². The highest BCUT2D eigenvalue weighted by molar-refractivity contribution is 6.35. The van der Waals surface area contributed by atoms with Gasteiger partial charge in [-0.2, -0.15) is 0 Å². The summed E-state index contributed by atoms with van der Waals surface area (Å²) in [6.45, 7) is 1.81. The van der Waals surface area contributed by atoms with E-state index in [2.05, 4.69) is 0 Å². The van der Waals surface area contributed by atoms with Gasteiger partial charge >= 0.3 is 0 Å². The van der Waals surface area contributed by atoms with Crippen LogP contribution in [0.4, 0.5) is 0 Å². The van der Waals surface area contributed by atoms with Crippen LogP contribution >= 0.6 is 0 Å². The summed E-state index contributed by atoms with van der Waals surface area (Å²) in [5.74, 6) is -0.537. The van der Waals surface area contributed by atoms with Gasteiger partial charge in [0.05, 0.1) is 11.1 Å². The monoisotopic (exact) mass is 185 g/mol. The maximum Gasteiger partial charge on any atom is 0.261 e. The maximum absolute atomic E-state index is 11.5. The summed E-state index contributed by atoms with van der Waals surface area (Å²) in [6.07, 6.45) is 0. The summed E-state index contributed by atoms with van der Waals surface area (Å²) in [4.78, 5) is 24.2. The number of aryl methyl sites for hydroxylation is 1. The second-order valence-electron chi connectivity index (χ2n) is 3.42. The molecule has 0 atom stereocenters. The Bertz CT molecular complexity index is 413. The first-order chi connectivity index (χ1) is 6.52. The van der Waals surface area contributed by atoms with Gasteiger partial charge in [-0.3, -0.25) is 14.5 Å². The minimum absolute atomic E-state index is 0.256. The molecule has 0 spiro atoms. The molecule has 4 heteroatoms. The lowest BCUT2D eigenvalue weighted by Crippen LogP contribution is -2.24. The fraction of sp³-hybridized carbons (Fsp3) is 0.200. The van der Waals surface area contributed by atoms with Gasteiger partial charge in [0.1, 0.15) is 7.85 Å². The molecular formula is C10H8BNO2. The standard InChI is InChI=1S/C10H8BNO2/c1-5-3-6-7(4-8(5)11)10(14)12(2)9(6)13/h3-4H,1-2H3. The number of hydrogen-bond donors (Lipinski definition) is 0. The molecule has 14 heavy (non-hydrogen) atoms. The minimum atomic E-state index is -0.281. The van der Waals surface area contributed by atoms with Crippen molar-refractivity contribution in [2.75, 3.05) is 7.05 Å². The van der Waals surface area contributed by atoms with Crippen molar-refractivity contribution < 1.29 is 9.59 Å². The summed E-state index contributed by atoms with van der Waals surface area (Å²) < 4.78 is 0. The molecule has 68 valence electrons. The Morgan fingerprint density at radius 3 is 2.21 bits per heavy atom. The van der Waals surface area contributed by atoms with Crippen LogP contribution in [0.15, 0.2) is 12.1 Å². The van der Waals surface area contributed by atoms with Crippen molar-refractivity contribution in [1.29, 1.82) is 0 Å². The third-order valence-electron chi connectivity index (χ3n) is 2.48. The van der Waals surface area contributed by atoms with Crippen molar-refractivity contribution in [2.24, 2.45) is 0 Å². The largest absolute Gasteiger partial charge is 0.277 e. The quantitative estimate of drug-likeness (QED) is 0.421. The van der Waals surface area contributed by atoms with Crippen LogP contribution in [-0.4, -0.2) is 31.6 Å². The number of imide groups is 1. The van der Waals surface area contributed by atoms with Gasteiger partial charge in [-0.15, -0.1) is 0 Å². The smallest absolute Gasteiger partial charge is 0.261 e. The summed E-state index contributed by atoms with van der Waals surface area (Å²) in [5, 5.41) is 0. The Hall–Kier alpha value is -1.58. The predicted molar refractivity (Wildman–Crippen MR) is 53.0 cm³/mol. The molecule has 2 rings (SSSR count). The fourth-order valence-corrected chi connectivity index (χ4v) is 1.53. The number of hydrogen-bond acceptors (Lipinski definition) is 2. The number of fused-ring (bicyclic) bond motifs is 1. The van der Waals surface area contributed by atoms with Crippen LogP contribution in [0.2, 0.25) is 0 Å². The van der Waals surface area contributed by atoms with Crippen LogP contribution in [-0.2, 0) is 0 Å². The van der Waals surface area contributed by atoms with E-state index in [1.54, 1.807) is 12.1 Å². The summed E-state index contributed by atoms with van der Waals surface area (Å²) >= 11 is 0. The Morgan fingerprint density at radius 1 is 1.14 bits per heavy atom. The molecule has 0 saturated carbocycles. The van der Waals surface area contributed by atoms with Gasteiger partial charge in [0.2, 0.25) is 0 Å². The van der Waals surface area contributed by atoms with Gasteiger partial charge in [0.25, 0.3) is 11.8 Å². The van der Waals surface area contributed by atoms with E-state index in [0.29, 0.717) is 16.6 Å². The molecule has 1 aliphatic rings. The number of carbonyl (C=O) groups is 2. The number of amides is 2. The van der Waals surface area contributed by atoms with E-state index in [1.165, 1.54) is 7.05 Å². The molecule has 1 heterocycles. The number of carbonyl (C=O) groups excluding carboxylic acids is 2. The van der Waals surface area contributed by atoms with E-state index >= 15 is 0 Å². The molecular weight excluding hydrogens is 177 g/mol. The first-order valence-corrected chi connectivity index (χ1v) is 4.25. The van der Waals surface area contributed by atoms with E-state index in [0.717, 1.165) is 10.5 Å². The molecule has 2 amide bonds. The van der Waals surface area contributed by atoms with E-state index < -0.39 is 0 Å². The fourth-order valence-electron chi connectivity index (χ4n) is 1.53. The van der Waals surface area contributed by atoms with Gasteiger partial charge in [0, 0.05) is 7.05 Å². The lowest BCUT2D eigenvalue weighted by molar-refractivity contribution is 0.0693. The van der Waals surface area contributed by atoms with Crippen LogP contribution in [0.25, 0.3) is 0 Å². The van der Waals surface area contributed by atoms with Crippen molar-refractivity contribution in [3.05, 3.63) is 28.8 Å². The first kappa shape index (κ1) is 9.00. The van der Waals surface area contributed by atoms with E-state index in [4.69, 9.17) is 7.85 Å². The van der Waals surface area contributed by atoms with E-state index in [9.17, 15) is 9.59 Å². The topological polar surface area (TPSA) is 37.4 Å². The zero-order valence-electron chi connectivity index (χ0n) is 8.00. The highest BCUT2D eigenvalue weighted by Crippen LogP contribution is 2.21. The molecule has 3 nitrogen and oxygen atoms in total. The van der Waals surface area contributed by atoms with Crippen LogP contribution in [0.5, 0.6) is 0 Å². The molecule has 0 N–H and O–H groups in total. The normalized spacial score (nSPS) is 14.9. The van der Waals surface area contributed by atoms with Crippen molar-refractivity contribution >= 4 is 25.1 Å². The zero-order valence-corrected chi connectivity index (χ0v) is 8.00.